The van der Waals surface area contributed by atoms with Gasteiger partial charge in [-0.25, -0.2) is 0 Å². The zero-order valence-corrected chi connectivity index (χ0v) is 10.7. The first-order valence-corrected chi connectivity index (χ1v) is 5.59. The maximum absolute atomic E-state index is 10.6. The van der Waals surface area contributed by atoms with Crippen LogP contribution in [0.3, 0.4) is 0 Å². The number of benzene rings is 1. The molecule has 0 aliphatic rings. The second kappa shape index (κ2) is 8.33. The molecular formula is C13H21NO3. The highest BCUT2D eigenvalue weighted by molar-refractivity contribution is 5.72. The monoisotopic (exact) mass is 239 g/mol. The van der Waals surface area contributed by atoms with Crippen molar-refractivity contribution >= 4 is 11.9 Å². The summed E-state index contributed by atoms with van der Waals surface area (Å²) in [4.78, 5) is 21.3. The summed E-state index contributed by atoms with van der Waals surface area (Å²) in [5.74, 6) is 0.0951. The molecule has 4 heteroatoms. The maximum Gasteiger partial charge on any atom is 0.308 e. The molecule has 96 valence electrons. The van der Waals surface area contributed by atoms with E-state index in [0.29, 0.717) is 12.3 Å². The number of amides is 1. The van der Waals surface area contributed by atoms with Crippen LogP contribution in [0.5, 0.6) is 5.75 Å². The fraction of sp³-hybridized carbons (Fsp3) is 0.385. The Bertz CT molecular complexity index is 363. The molecule has 0 fully saturated rings. The molecule has 0 radical (unpaired) electrons. The average molecular weight is 239 g/mol. The Kier molecular flexibility index (Phi) is 7.43. The predicted octanol–water partition coefficient (Wildman–Crippen LogP) is 2.52. The number of ether oxygens (including phenoxy) is 1. The lowest BCUT2D eigenvalue weighted by molar-refractivity contribution is -0.131. The van der Waals surface area contributed by atoms with E-state index in [2.05, 4.69) is 5.32 Å². The zero-order valence-electron chi connectivity index (χ0n) is 10.7. The van der Waals surface area contributed by atoms with Gasteiger partial charge < -0.3 is 10.1 Å². The topological polar surface area (TPSA) is 55.4 Å². The van der Waals surface area contributed by atoms with Crippen molar-refractivity contribution in [1.29, 1.82) is 0 Å². The molecule has 1 amide bonds. The first kappa shape index (κ1) is 15.2. The third-order valence-corrected chi connectivity index (χ3v) is 1.73. The third-order valence-electron chi connectivity index (χ3n) is 1.73. The molecule has 0 atom stereocenters. The summed E-state index contributed by atoms with van der Waals surface area (Å²) in [7, 11) is 0. The summed E-state index contributed by atoms with van der Waals surface area (Å²) in [6.07, 6.45) is 0. The van der Waals surface area contributed by atoms with E-state index < -0.39 is 0 Å². The quantitative estimate of drug-likeness (QED) is 0.651. The number of esters is 1. The normalized spacial score (nSPS) is 8.71. The van der Waals surface area contributed by atoms with Crippen LogP contribution in [0.4, 0.5) is 0 Å². The Morgan fingerprint density at radius 1 is 1.18 bits per heavy atom. The Morgan fingerprint density at radius 2 is 1.71 bits per heavy atom. The average Bonchev–Trinajstić information content (AvgIpc) is 2.30. The highest BCUT2D eigenvalue weighted by Gasteiger charge is 1.98. The van der Waals surface area contributed by atoms with Gasteiger partial charge in [-0.2, -0.15) is 0 Å². The molecule has 0 aromatic heterocycles. The smallest absolute Gasteiger partial charge is 0.308 e. The lowest BCUT2D eigenvalue weighted by Gasteiger charge is -2.04. The van der Waals surface area contributed by atoms with Crippen molar-refractivity contribution in [2.24, 2.45) is 0 Å². The van der Waals surface area contributed by atoms with Crippen molar-refractivity contribution in [2.75, 3.05) is 0 Å². The Morgan fingerprint density at radius 3 is 2.12 bits per heavy atom. The summed E-state index contributed by atoms with van der Waals surface area (Å²) >= 11 is 0. The lowest BCUT2D eigenvalue weighted by Crippen LogP contribution is -2.18. The van der Waals surface area contributed by atoms with Crippen LogP contribution >= 0.6 is 0 Å². The van der Waals surface area contributed by atoms with Crippen molar-refractivity contribution in [2.45, 2.75) is 34.2 Å². The largest absolute Gasteiger partial charge is 0.427 e. The fourth-order valence-corrected chi connectivity index (χ4v) is 1.07. The Labute approximate surface area is 103 Å². The van der Waals surface area contributed by atoms with E-state index >= 15 is 0 Å². The van der Waals surface area contributed by atoms with Crippen LogP contribution in [0, 0.1) is 0 Å². The number of rotatable bonds is 3. The summed E-state index contributed by atoms with van der Waals surface area (Å²) in [6.45, 7) is 7.30. The van der Waals surface area contributed by atoms with Gasteiger partial charge in [0.25, 0.3) is 0 Å². The fourth-order valence-electron chi connectivity index (χ4n) is 1.07. The lowest BCUT2D eigenvalue weighted by atomic mass is 10.2. The second-order valence-corrected chi connectivity index (χ2v) is 3.15. The number of hydrogen-bond donors (Lipinski definition) is 1. The van der Waals surface area contributed by atoms with Crippen LogP contribution in [-0.2, 0) is 16.1 Å². The van der Waals surface area contributed by atoms with Crippen molar-refractivity contribution in [1.82, 2.24) is 5.32 Å². The van der Waals surface area contributed by atoms with Gasteiger partial charge in [0.05, 0.1) is 0 Å². The SMILES string of the molecule is CC.CC(=O)NCc1ccc(OC(C)=O)cc1.[HH]. The van der Waals surface area contributed by atoms with Crippen molar-refractivity contribution in [3.63, 3.8) is 0 Å². The van der Waals surface area contributed by atoms with Gasteiger partial charge in [0, 0.05) is 21.8 Å². The van der Waals surface area contributed by atoms with E-state index in [4.69, 9.17) is 4.74 Å². The Balaban J connectivity index is 0. The number of carbonyl (C=O) groups is 2. The summed E-state index contributed by atoms with van der Waals surface area (Å²) in [5.41, 5.74) is 0.959. The molecule has 4 nitrogen and oxygen atoms in total. The molecule has 0 heterocycles. The summed E-state index contributed by atoms with van der Waals surface area (Å²) in [5, 5.41) is 2.68. The molecule has 1 rings (SSSR count). The van der Waals surface area contributed by atoms with Crippen LogP contribution in [0.15, 0.2) is 24.3 Å². The molecule has 0 aliphatic heterocycles. The highest BCUT2D eigenvalue weighted by atomic mass is 16.5. The minimum atomic E-state index is -0.343. The molecule has 0 spiro atoms. The standard InChI is InChI=1S/C11H13NO3.C2H6.H2/c1-8(13)12-7-10-3-5-11(6-4-10)15-9(2)14;1-2;/h3-6H,7H2,1-2H3,(H,12,13);1-2H3;1H. The Hall–Kier alpha value is -1.84. The van der Waals surface area contributed by atoms with Gasteiger partial charge in [-0.05, 0) is 17.7 Å². The van der Waals surface area contributed by atoms with Gasteiger partial charge in [0.1, 0.15) is 5.75 Å². The summed E-state index contributed by atoms with van der Waals surface area (Å²) < 4.78 is 4.87. The van der Waals surface area contributed by atoms with Gasteiger partial charge in [0.2, 0.25) is 5.91 Å². The van der Waals surface area contributed by atoms with Crippen LogP contribution < -0.4 is 10.1 Å². The van der Waals surface area contributed by atoms with Gasteiger partial charge in [-0.1, -0.05) is 26.0 Å². The molecule has 0 bridgehead atoms. The van der Waals surface area contributed by atoms with E-state index in [1.807, 2.05) is 13.8 Å². The minimum absolute atomic E-state index is 0. The van der Waals surface area contributed by atoms with Gasteiger partial charge in [-0.3, -0.25) is 9.59 Å². The molecule has 0 saturated carbocycles. The van der Waals surface area contributed by atoms with Gasteiger partial charge in [0.15, 0.2) is 0 Å². The molecule has 1 N–H and O–H groups in total. The number of carbonyl (C=O) groups excluding carboxylic acids is 2. The van der Waals surface area contributed by atoms with E-state index in [9.17, 15) is 9.59 Å². The highest BCUT2D eigenvalue weighted by Crippen LogP contribution is 2.12. The van der Waals surface area contributed by atoms with E-state index in [0.717, 1.165) is 5.56 Å². The molecule has 1 aromatic carbocycles. The first-order chi connectivity index (χ1) is 8.08. The van der Waals surface area contributed by atoms with Crippen molar-refractivity contribution in [3.05, 3.63) is 29.8 Å². The number of nitrogens with one attached hydrogen (secondary N) is 1. The molecule has 0 aliphatic carbocycles. The van der Waals surface area contributed by atoms with Crippen molar-refractivity contribution in [3.8, 4) is 5.75 Å². The van der Waals surface area contributed by atoms with E-state index in [-0.39, 0.29) is 13.3 Å². The predicted molar refractivity (Wildman–Crippen MR) is 68.7 cm³/mol. The number of hydrogen-bond acceptors (Lipinski definition) is 3. The van der Waals surface area contributed by atoms with Crippen molar-refractivity contribution < 1.29 is 15.8 Å². The van der Waals surface area contributed by atoms with E-state index in [1.165, 1.54) is 13.8 Å². The molecule has 0 unspecified atom stereocenters. The third kappa shape index (κ3) is 7.11. The van der Waals surface area contributed by atoms with E-state index in [1.54, 1.807) is 24.3 Å². The molecule has 1 aromatic rings. The first-order valence-electron chi connectivity index (χ1n) is 5.59. The van der Waals surface area contributed by atoms with Crippen LogP contribution in [0.2, 0.25) is 0 Å². The molecular weight excluding hydrogens is 218 g/mol. The summed E-state index contributed by atoms with van der Waals surface area (Å²) in [6, 6.07) is 6.99. The van der Waals surface area contributed by atoms with Gasteiger partial charge >= 0.3 is 5.97 Å². The van der Waals surface area contributed by atoms with Crippen LogP contribution in [0.25, 0.3) is 0 Å². The van der Waals surface area contributed by atoms with Crippen LogP contribution in [-0.4, -0.2) is 11.9 Å². The molecule has 17 heavy (non-hydrogen) atoms. The zero-order chi connectivity index (χ0) is 13.3. The van der Waals surface area contributed by atoms with Crippen LogP contribution in [0.1, 0.15) is 34.7 Å². The molecule has 0 saturated heterocycles. The maximum atomic E-state index is 10.6. The minimum Gasteiger partial charge on any atom is -0.427 e. The second-order valence-electron chi connectivity index (χ2n) is 3.15. The van der Waals surface area contributed by atoms with Gasteiger partial charge in [-0.15, -0.1) is 0 Å².